The van der Waals surface area contributed by atoms with Crippen molar-refractivity contribution in [2.24, 2.45) is 0 Å². The van der Waals surface area contributed by atoms with Crippen LogP contribution in [0.4, 0.5) is 10.2 Å². The molecule has 13 heteroatoms. The fourth-order valence-electron chi connectivity index (χ4n) is 4.02. The Balaban J connectivity index is 1.56. The van der Waals surface area contributed by atoms with Gasteiger partial charge in [-0.25, -0.2) is 19.3 Å². The van der Waals surface area contributed by atoms with Crippen molar-refractivity contribution in [1.29, 1.82) is 0 Å². The van der Waals surface area contributed by atoms with Crippen LogP contribution in [0.5, 0.6) is 0 Å². The van der Waals surface area contributed by atoms with Crippen molar-refractivity contribution in [3.8, 4) is 11.4 Å². The van der Waals surface area contributed by atoms with Crippen molar-refractivity contribution < 1.29 is 19.0 Å². The van der Waals surface area contributed by atoms with Gasteiger partial charge in [-0.05, 0) is 29.8 Å². The summed E-state index contributed by atoms with van der Waals surface area (Å²) >= 11 is 12.1. The van der Waals surface area contributed by atoms with E-state index in [1.165, 1.54) is 31.7 Å². The van der Waals surface area contributed by atoms with Gasteiger partial charge in [-0.15, -0.1) is 0 Å². The molecule has 10 nitrogen and oxygen atoms in total. The number of hydrogen-bond acceptors (Lipinski definition) is 8. The number of rotatable bonds is 6. The Hall–Kier alpha value is -3.38. The summed E-state index contributed by atoms with van der Waals surface area (Å²) in [4.78, 5) is 29.9. The van der Waals surface area contributed by atoms with E-state index in [4.69, 9.17) is 27.9 Å². The number of likely N-dealkylation sites (N-methyl/N-ethyl adjacent to an activating group) is 1. The molecule has 0 saturated carbocycles. The van der Waals surface area contributed by atoms with E-state index in [1.807, 2.05) is 0 Å². The van der Waals surface area contributed by atoms with E-state index in [1.54, 1.807) is 22.9 Å². The smallest absolute Gasteiger partial charge is 0.251 e. The first-order valence-electron chi connectivity index (χ1n) is 10.9. The lowest BCUT2D eigenvalue weighted by atomic mass is 10.1. The number of ether oxygens (including phenoxy) is 1. The molecule has 3 N–H and O–H groups in total. The molecule has 1 aliphatic rings. The van der Waals surface area contributed by atoms with Crippen molar-refractivity contribution in [1.82, 2.24) is 29.8 Å². The van der Waals surface area contributed by atoms with Crippen LogP contribution < -0.4 is 10.6 Å². The van der Waals surface area contributed by atoms with Crippen LogP contribution in [-0.4, -0.2) is 54.8 Å². The molecule has 5 rings (SSSR count). The Kier molecular flexibility index (Phi) is 6.71. The minimum atomic E-state index is -1.02. The van der Waals surface area contributed by atoms with E-state index in [0.29, 0.717) is 39.0 Å². The van der Waals surface area contributed by atoms with E-state index in [2.05, 4.69) is 30.6 Å². The first kappa shape index (κ1) is 24.3. The average Bonchev–Trinajstić information content (AvgIpc) is 3.44. The molecule has 4 heterocycles. The fourth-order valence-corrected chi connectivity index (χ4v) is 4.43. The van der Waals surface area contributed by atoms with Gasteiger partial charge in [0, 0.05) is 43.0 Å². The lowest BCUT2D eigenvalue weighted by Crippen LogP contribution is -2.38. The number of imidazole rings is 1. The highest BCUT2D eigenvalue weighted by Gasteiger charge is 2.40. The summed E-state index contributed by atoms with van der Waals surface area (Å²) in [5, 5.41) is 16.7. The Morgan fingerprint density at radius 1 is 1.22 bits per heavy atom. The summed E-state index contributed by atoms with van der Waals surface area (Å²) < 4.78 is 21.3. The molecule has 36 heavy (non-hydrogen) atoms. The van der Waals surface area contributed by atoms with Crippen LogP contribution in [0.1, 0.15) is 18.2 Å². The minimum Gasteiger partial charge on any atom is -0.390 e. The number of aliphatic hydroxyl groups is 1. The largest absolute Gasteiger partial charge is 0.390 e. The number of pyridine rings is 1. The third kappa shape index (κ3) is 4.82. The van der Waals surface area contributed by atoms with Gasteiger partial charge in [-0.2, -0.15) is 0 Å². The highest BCUT2D eigenvalue weighted by atomic mass is 35.5. The van der Waals surface area contributed by atoms with E-state index in [0.717, 1.165) is 0 Å². The number of anilines is 1. The van der Waals surface area contributed by atoms with Crippen molar-refractivity contribution in [2.75, 3.05) is 12.4 Å². The number of nitrogens with zero attached hydrogens (tertiary/aromatic N) is 5. The van der Waals surface area contributed by atoms with Gasteiger partial charge in [0.2, 0.25) is 0 Å². The minimum absolute atomic E-state index is 0.159. The molecule has 1 fully saturated rings. The highest BCUT2D eigenvalue weighted by molar-refractivity contribution is 6.31. The van der Waals surface area contributed by atoms with E-state index >= 15 is 0 Å². The van der Waals surface area contributed by atoms with Crippen molar-refractivity contribution in [3.05, 3.63) is 64.4 Å². The maximum absolute atomic E-state index is 13.8. The van der Waals surface area contributed by atoms with Crippen molar-refractivity contribution >= 4 is 46.1 Å². The third-order valence-electron chi connectivity index (χ3n) is 5.68. The Morgan fingerprint density at radius 3 is 2.81 bits per heavy atom. The molecule has 186 valence electrons. The van der Waals surface area contributed by atoms with Gasteiger partial charge in [0.25, 0.3) is 5.91 Å². The maximum Gasteiger partial charge on any atom is 0.251 e. The zero-order chi connectivity index (χ0) is 25.4. The van der Waals surface area contributed by atoms with Crippen LogP contribution in [0.15, 0.2) is 43.0 Å². The van der Waals surface area contributed by atoms with Crippen molar-refractivity contribution in [2.45, 2.75) is 31.4 Å². The molecule has 1 saturated heterocycles. The van der Waals surface area contributed by atoms with Crippen LogP contribution in [0.25, 0.3) is 22.6 Å². The molecule has 0 bridgehead atoms. The van der Waals surface area contributed by atoms with Gasteiger partial charge < -0.3 is 20.5 Å². The lowest BCUT2D eigenvalue weighted by molar-refractivity contribution is -0.137. The standard InChI is InChI=1S/C23H20Cl2FN7O3/c1-27-23(35)19-16(34)6-17(36-19)33-10-30-18-21(29-7-11-2-13(24)5-15(26)3-11)31-20(32-22(18)33)12-4-14(25)9-28-8-12/h2-5,8-10,16-17,19,34H,6-7H2,1H3,(H,27,35)(H,29,31,32)/t16-,17+,19-/m0/s1. The second-order valence-electron chi connectivity index (χ2n) is 8.17. The molecule has 3 aromatic heterocycles. The molecule has 1 aliphatic heterocycles. The normalized spacial score (nSPS) is 19.5. The molecule has 0 unspecified atom stereocenters. The molecule has 0 radical (unpaired) electrons. The number of hydrogen-bond donors (Lipinski definition) is 3. The summed E-state index contributed by atoms with van der Waals surface area (Å²) in [5.41, 5.74) is 1.98. The van der Waals surface area contributed by atoms with Gasteiger partial charge in [0.15, 0.2) is 28.9 Å². The fraction of sp³-hybridized carbons (Fsp3) is 0.261. The predicted molar refractivity (Wildman–Crippen MR) is 131 cm³/mol. The zero-order valence-electron chi connectivity index (χ0n) is 18.8. The van der Waals surface area contributed by atoms with E-state index < -0.39 is 30.2 Å². The summed E-state index contributed by atoms with van der Waals surface area (Å²) in [6.07, 6.45) is 2.02. The van der Waals surface area contributed by atoms with Crippen LogP contribution in [0, 0.1) is 5.82 Å². The lowest BCUT2D eigenvalue weighted by Gasteiger charge is -2.15. The number of aliphatic hydroxyl groups excluding tert-OH is 1. The molecule has 3 atom stereocenters. The Labute approximate surface area is 214 Å². The molecule has 1 amide bonds. The predicted octanol–water partition coefficient (Wildman–Crippen LogP) is 3.34. The van der Waals surface area contributed by atoms with Crippen molar-refractivity contribution in [3.63, 3.8) is 0 Å². The van der Waals surface area contributed by atoms with Crippen LogP contribution >= 0.6 is 23.2 Å². The Bertz CT molecular complexity index is 1430. The summed E-state index contributed by atoms with van der Waals surface area (Å²) in [6.45, 7) is 0.209. The van der Waals surface area contributed by atoms with Gasteiger partial charge in [0.1, 0.15) is 12.0 Å². The van der Waals surface area contributed by atoms with Crippen LogP contribution in [-0.2, 0) is 16.1 Å². The molecular weight excluding hydrogens is 512 g/mol. The first-order chi connectivity index (χ1) is 17.3. The van der Waals surface area contributed by atoms with Gasteiger partial charge in [-0.1, -0.05) is 23.2 Å². The monoisotopic (exact) mass is 531 g/mol. The quantitative estimate of drug-likeness (QED) is 0.345. The molecular formula is C23H20Cl2FN7O3. The van der Waals surface area contributed by atoms with E-state index in [-0.39, 0.29) is 18.0 Å². The second-order valence-corrected chi connectivity index (χ2v) is 9.04. The Morgan fingerprint density at radius 2 is 2.06 bits per heavy atom. The summed E-state index contributed by atoms with van der Waals surface area (Å²) in [7, 11) is 1.47. The SMILES string of the molecule is CNC(=O)[C@H]1O[C@@H](n2cnc3c(NCc4cc(F)cc(Cl)c4)nc(-c4cncc(Cl)c4)nc32)C[C@@H]1O. The number of nitrogens with one attached hydrogen (secondary N) is 2. The van der Waals surface area contributed by atoms with Crippen LogP contribution in [0.3, 0.4) is 0 Å². The molecule has 4 aromatic rings. The summed E-state index contributed by atoms with van der Waals surface area (Å²) in [6, 6.07) is 5.90. The van der Waals surface area contributed by atoms with E-state index in [9.17, 15) is 14.3 Å². The second kappa shape index (κ2) is 9.94. The number of halogens is 3. The first-order valence-corrected chi connectivity index (χ1v) is 11.7. The van der Waals surface area contributed by atoms with Gasteiger partial charge in [-0.3, -0.25) is 14.3 Å². The number of aromatic nitrogens is 5. The van der Waals surface area contributed by atoms with Crippen LogP contribution in [0.2, 0.25) is 10.0 Å². The molecule has 1 aromatic carbocycles. The van der Waals surface area contributed by atoms with Gasteiger partial charge >= 0.3 is 0 Å². The highest BCUT2D eigenvalue weighted by Crippen LogP contribution is 2.33. The molecule has 0 aliphatic carbocycles. The zero-order valence-corrected chi connectivity index (χ0v) is 20.3. The topological polar surface area (TPSA) is 127 Å². The number of carbonyl (C=O) groups excluding carboxylic acids is 1. The number of amides is 1. The number of carbonyl (C=O) groups is 1. The maximum atomic E-state index is 13.8. The number of fused-ring (bicyclic) bond motifs is 1. The number of benzene rings is 1. The van der Waals surface area contributed by atoms with Gasteiger partial charge in [0.05, 0.1) is 17.5 Å². The third-order valence-corrected chi connectivity index (χ3v) is 6.10. The average molecular weight is 532 g/mol. The summed E-state index contributed by atoms with van der Waals surface area (Å²) in [5.74, 6) is -0.202. The molecule has 0 spiro atoms.